The van der Waals surface area contributed by atoms with Crippen LogP contribution in [0.3, 0.4) is 0 Å². The second-order valence-electron chi connectivity index (χ2n) is 5.37. The molecule has 1 heterocycles. The zero-order chi connectivity index (χ0) is 11.9. The van der Waals surface area contributed by atoms with Gasteiger partial charge in [0.15, 0.2) is 0 Å². The summed E-state index contributed by atoms with van der Waals surface area (Å²) in [7, 11) is 0. The Morgan fingerprint density at radius 1 is 1.24 bits per heavy atom. The van der Waals surface area contributed by atoms with E-state index in [9.17, 15) is 5.11 Å². The Labute approximate surface area is 109 Å². The summed E-state index contributed by atoms with van der Waals surface area (Å²) < 4.78 is 0. The summed E-state index contributed by atoms with van der Waals surface area (Å²) >= 11 is 1.80. The van der Waals surface area contributed by atoms with Crippen LogP contribution < -0.4 is 0 Å². The molecule has 1 aliphatic carbocycles. The van der Waals surface area contributed by atoms with Crippen molar-refractivity contribution >= 4 is 11.3 Å². The summed E-state index contributed by atoms with van der Waals surface area (Å²) in [4.78, 5) is 1.41. The Kier molecular flexibility index (Phi) is 5.53. The zero-order valence-electron chi connectivity index (χ0n) is 10.6. The molecule has 96 valence electrons. The Bertz CT molecular complexity index is 286. The van der Waals surface area contributed by atoms with Gasteiger partial charge in [-0.2, -0.15) is 0 Å². The summed E-state index contributed by atoms with van der Waals surface area (Å²) in [6.07, 6.45) is 11.2. The molecule has 0 saturated heterocycles. The van der Waals surface area contributed by atoms with E-state index in [2.05, 4.69) is 17.5 Å². The first-order chi connectivity index (χ1) is 8.34. The summed E-state index contributed by atoms with van der Waals surface area (Å²) in [6, 6.07) is 4.26. The normalized spacial score (nSPS) is 20.1. The molecule has 1 saturated carbocycles. The third-order valence-electron chi connectivity index (χ3n) is 3.88. The minimum absolute atomic E-state index is 0.0831. The van der Waals surface area contributed by atoms with Gasteiger partial charge in [-0.3, -0.25) is 0 Å². The van der Waals surface area contributed by atoms with E-state index in [0.717, 1.165) is 25.2 Å². The topological polar surface area (TPSA) is 20.2 Å². The third-order valence-corrected chi connectivity index (χ3v) is 4.82. The number of hydrogen-bond acceptors (Lipinski definition) is 2. The predicted octanol–water partition coefficient (Wildman–Crippen LogP) is 4.40. The average molecular weight is 252 g/mol. The number of hydrogen-bond donors (Lipinski definition) is 1. The number of aliphatic hydroxyl groups is 1. The molecule has 1 aliphatic rings. The first kappa shape index (κ1) is 13.1. The molecule has 1 nitrogen and oxygen atoms in total. The summed E-state index contributed by atoms with van der Waals surface area (Å²) in [6.45, 7) is 0. The van der Waals surface area contributed by atoms with Crippen LogP contribution in [0.25, 0.3) is 0 Å². The van der Waals surface area contributed by atoms with Crippen molar-refractivity contribution in [3.05, 3.63) is 22.4 Å². The molecular formula is C15H24OS. The number of rotatable bonds is 5. The van der Waals surface area contributed by atoms with Crippen molar-refractivity contribution in [2.75, 3.05) is 0 Å². The fourth-order valence-electron chi connectivity index (χ4n) is 2.87. The molecule has 0 aromatic carbocycles. The van der Waals surface area contributed by atoms with Crippen LogP contribution in [-0.2, 0) is 6.42 Å². The maximum atomic E-state index is 10.1. The average Bonchev–Trinajstić information content (AvgIpc) is 2.72. The maximum Gasteiger partial charge on any atom is 0.0546 e. The van der Waals surface area contributed by atoms with E-state index >= 15 is 0 Å². The minimum Gasteiger partial charge on any atom is -0.393 e. The van der Waals surface area contributed by atoms with Crippen molar-refractivity contribution in [3.63, 3.8) is 0 Å². The molecule has 1 atom stereocenters. The third kappa shape index (κ3) is 4.81. The van der Waals surface area contributed by atoms with E-state index in [1.54, 1.807) is 11.3 Å². The van der Waals surface area contributed by atoms with Gasteiger partial charge in [0.05, 0.1) is 6.10 Å². The smallest absolute Gasteiger partial charge is 0.0546 e. The predicted molar refractivity (Wildman–Crippen MR) is 74.5 cm³/mol. The molecule has 1 unspecified atom stereocenters. The highest BCUT2D eigenvalue weighted by atomic mass is 32.1. The molecule has 2 heteroatoms. The van der Waals surface area contributed by atoms with Gasteiger partial charge in [-0.1, -0.05) is 44.6 Å². The molecule has 1 fully saturated rings. The molecule has 0 aliphatic heterocycles. The fourth-order valence-corrected chi connectivity index (χ4v) is 3.59. The molecule has 0 radical (unpaired) electrons. The van der Waals surface area contributed by atoms with Crippen LogP contribution in [0.15, 0.2) is 17.5 Å². The lowest BCUT2D eigenvalue weighted by molar-refractivity contribution is 0.129. The van der Waals surface area contributed by atoms with Gasteiger partial charge in [0.1, 0.15) is 0 Å². The number of aryl methyl sites for hydroxylation is 1. The van der Waals surface area contributed by atoms with E-state index in [4.69, 9.17) is 0 Å². The van der Waals surface area contributed by atoms with E-state index in [1.165, 1.54) is 43.4 Å². The second-order valence-corrected chi connectivity index (χ2v) is 6.40. The van der Waals surface area contributed by atoms with Crippen LogP contribution in [0, 0.1) is 5.92 Å². The molecule has 0 spiro atoms. The van der Waals surface area contributed by atoms with Crippen molar-refractivity contribution in [1.82, 2.24) is 0 Å². The lowest BCUT2D eigenvalue weighted by atomic mass is 9.92. The largest absolute Gasteiger partial charge is 0.393 e. The first-order valence-electron chi connectivity index (χ1n) is 7.05. The SMILES string of the molecule is OC(CCc1cccs1)CC1CCCCCC1. The lowest BCUT2D eigenvalue weighted by Gasteiger charge is -2.18. The van der Waals surface area contributed by atoms with Gasteiger partial charge in [0, 0.05) is 4.88 Å². The van der Waals surface area contributed by atoms with Crippen molar-refractivity contribution in [3.8, 4) is 0 Å². The molecule has 1 aromatic rings. The minimum atomic E-state index is -0.0831. The molecule has 2 rings (SSSR count). The van der Waals surface area contributed by atoms with Gasteiger partial charge < -0.3 is 5.11 Å². The summed E-state index contributed by atoms with van der Waals surface area (Å²) in [5.41, 5.74) is 0. The van der Waals surface area contributed by atoms with Gasteiger partial charge in [0.2, 0.25) is 0 Å². The molecule has 1 aromatic heterocycles. The quantitative estimate of drug-likeness (QED) is 0.770. The summed E-state index contributed by atoms with van der Waals surface area (Å²) in [5, 5.41) is 12.2. The van der Waals surface area contributed by atoms with Crippen molar-refractivity contribution in [2.24, 2.45) is 5.92 Å². The number of thiophene rings is 1. The maximum absolute atomic E-state index is 10.1. The van der Waals surface area contributed by atoms with Gasteiger partial charge in [0.25, 0.3) is 0 Å². The van der Waals surface area contributed by atoms with Gasteiger partial charge >= 0.3 is 0 Å². The van der Waals surface area contributed by atoms with Crippen LogP contribution in [0.1, 0.15) is 56.2 Å². The van der Waals surface area contributed by atoms with Crippen LogP contribution in [0.4, 0.5) is 0 Å². The van der Waals surface area contributed by atoms with Crippen molar-refractivity contribution in [2.45, 2.75) is 63.9 Å². The number of aliphatic hydroxyl groups excluding tert-OH is 1. The lowest BCUT2D eigenvalue weighted by Crippen LogP contribution is -2.14. The van der Waals surface area contributed by atoms with Crippen LogP contribution in [0.5, 0.6) is 0 Å². The van der Waals surface area contributed by atoms with Crippen LogP contribution >= 0.6 is 11.3 Å². The fraction of sp³-hybridized carbons (Fsp3) is 0.733. The van der Waals surface area contributed by atoms with Crippen molar-refractivity contribution in [1.29, 1.82) is 0 Å². The molecular weight excluding hydrogens is 228 g/mol. The van der Waals surface area contributed by atoms with Gasteiger partial charge in [-0.25, -0.2) is 0 Å². The van der Waals surface area contributed by atoms with E-state index < -0.39 is 0 Å². The molecule has 17 heavy (non-hydrogen) atoms. The molecule has 0 amide bonds. The highest BCUT2D eigenvalue weighted by Crippen LogP contribution is 2.27. The van der Waals surface area contributed by atoms with E-state index in [-0.39, 0.29) is 6.10 Å². The zero-order valence-corrected chi connectivity index (χ0v) is 11.4. The van der Waals surface area contributed by atoms with Crippen LogP contribution in [0.2, 0.25) is 0 Å². The van der Waals surface area contributed by atoms with Crippen molar-refractivity contribution < 1.29 is 5.11 Å². The van der Waals surface area contributed by atoms with Gasteiger partial charge in [-0.15, -0.1) is 11.3 Å². The van der Waals surface area contributed by atoms with E-state index in [0.29, 0.717) is 0 Å². The first-order valence-corrected chi connectivity index (χ1v) is 7.93. The monoisotopic (exact) mass is 252 g/mol. The Hall–Kier alpha value is -0.340. The summed E-state index contributed by atoms with van der Waals surface area (Å²) in [5.74, 6) is 0.788. The molecule has 1 N–H and O–H groups in total. The highest BCUT2D eigenvalue weighted by molar-refractivity contribution is 7.09. The van der Waals surface area contributed by atoms with Gasteiger partial charge in [-0.05, 0) is 36.6 Å². The molecule has 0 bridgehead atoms. The Morgan fingerprint density at radius 2 is 2.00 bits per heavy atom. The second kappa shape index (κ2) is 7.17. The van der Waals surface area contributed by atoms with Crippen LogP contribution in [-0.4, -0.2) is 11.2 Å². The highest BCUT2D eigenvalue weighted by Gasteiger charge is 2.16. The Balaban J connectivity index is 1.67. The van der Waals surface area contributed by atoms with E-state index in [1.807, 2.05) is 0 Å². The Morgan fingerprint density at radius 3 is 2.65 bits per heavy atom. The standard InChI is InChI=1S/C15H24OS/c16-14(9-10-15-8-5-11-17-15)12-13-6-3-1-2-4-7-13/h5,8,11,13-14,16H,1-4,6-7,9-10,12H2.